The van der Waals surface area contributed by atoms with Crippen LogP contribution in [0.5, 0.6) is 0 Å². The Morgan fingerprint density at radius 2 is 1.70 bits per heavy atom. The van der Waals surface area contributed by atoms with Gasteiger partial charge in [0.1, 0.15) is 0 Å². The predicted molar refractivity (Wildman–Crippen MR) is 63.9 cm³/mol. The lowest BCUT2D eigenvalue weighted by atomic mass is 10.0. The van der Waals surface area contributed by atoms with E-state index in [9.17, 15) is 26.4 Å². The van der Waals surface area contributed by atoms with Gasteiger partial charge in [0.25, 0.3) is 0 Å². The van der Waals surface area contributed by atoms with Gasteiger partial charge in [0, 0.05) is 5.02 Å². The van der Waals surface area contributed by atoms with Crippen LogP contribution in [-0.2, 0) is 14.8 Å². The van der Waals surface area contributed by atoms with E-state index >= 15 is 0 Å². The third kappa shape index (κ3) is 3.22. The van der Waals surface area contributed by atoms with Gasteiger partial charge < -0.3 is 5.11 Å². The molecule has 1 rings (SSSR count). The third-order valence-corrected chi connectivity index (χ3v) is 4.28. The van der Waals surface area contributed by atoms with Crippen molar-refractivity contribution in [2.45, 2.75) is 23.5 Å². The summed E-state index contributed by atoms with van der Waals surface area (Å²) in [4.78, 5) is 10.2. The summed E-state index contributed by atoms with van der Waals surface area (Å²) >= 11 is 5.53. The van der Waals surface area contributed by atoms with Gasteiger partial charge in [-0.25, -0.2) is 13.2 Å². The molecule has 0 saturated carbocycles. The zero-order valence-electron chi connectivity index (χ0n) is 9.90. The van der Waals surface area contributed by atoms with E-state index in [0.29, 0.717) is 0 Å². The minimum atomic E-state index is -5.31. The summed E-state index contributed by atoms with van der Waals surface area (Å²) in [6.45, 7) is 0.225. The Morgan fingerprint density at radius 1 is 1.25 bits per heavy atom. The molecule has 112 valence electrons. The number of carboxylic acid groups (broad SMARTS) is 1. The van der Waals surface area contributed by atoms with Crippen molar-refractivity contribution in [3.63, 3.8) is 0 Å². The number of carbonyl (C=O) groups is 1. The molecule has 0 fully saturated rings. The van der Waals surface area contributed by atoms with Gasteiger partial charge in [-0.1, -0.05) is 11.6 Å². The molecule has 0 radical (unpaired) electrons. The van der Waals surface area contributed by atoms with Crippen molar-refractivity contribution in [3.05, 3.63) is 29.3 Å². The van der Waals surface area contributed by atoms with E-state index < -0.39 is 32.6 Å². The molecule has 0 amide bonds. The van der Waals surface area contributed by atoms with Crippen molar-refractivity contribution >= 4 is 27.6 Å². The standard InChI is InChI=1S/C10H9ClF3NO4S/c1-9(8(16)17,10(12,13)14)15-20(18,19)7-4-2-6(11)3-5-7/h2-5,15H,1H3,(H,16,17). The van der Waals surface area contributed by atoms with Crippen LogP contribution in [0.1, 0.15) is 6.92 Å². The Kier molecular flexibility index (Phi) is 4.37. The van der Waals surface area contributed by atoms with Crippen LogP contribution >= 0.6 is 11.6 Å². The Bertz CT molecular complexity index is 614. The third-order valence-electron chi connectivity index (χ3n) is 2.46. The summed E-state index contributed by atoms with van der Waals surface area (Å²) in [6, 6.07) is 4.23. The summed E-state index contributed by atoms with van der Waals surface area (Å²) in [5, 5.41) is 8.84. The number of rotatable bonds is 4. The zero-order valence-corrected chi connectivity index (χ0v) is 11.5. The lowest BCUT2D eigenvalue weighted by molar-refractivity contribution is -0.201. The number of hydrogen-bond donors (Lipinski definition) is 2. The second-order valence-corrected chi connectivity index (χ2v) is 6.11. The Labute approximate surface area is 117 Å². The molecule has 1 atom stereocenters. The lowest BCUT2D eigenvalue weighted by Crippen LogP contribution is -2.61. The van der Waals surface area contributed by atoms with Gasteiger partial charge in [-0.2, -0.15) is 17.9 Å². The van der Waals surface area contributed by atoms with Gasteiger partial charge in [-0.05, 0) is 31.2 Å². The van der Waals surface area contributed by atoms with Gasteiger partial charge in [0.15, 0.2) is 0 Å². The number of benzene rings is 1. The molecule has 0 saturated heterocycles. The topological polar surface area (TPSA) is 83.5 Å². The first-order valence-corrected chi connectivity index (χ1v) is 6.86. The largest absolute Gasteiger partial charge is 0.480 e. The smallest absolute Gasteiger partial charge is 0.418 e. The van der Waals surface area contributed by atoms with Crippen molar-refractivity contribution in [1.29, 1.82) is 0 Å². The van der Waals surface area contributed by atoms with E-state index in [0.717, 1.165) is 29.0 Å². The fourth-order valence-electron chi connectivity index (χ4n) is 1.16. The van der Waals surface area contributed by atoms with Crippen LogP contribution in [0.2, 0.25) is 5.02 Å². The molecule has 1 aromatic rings. The number of aliphatic carboxylic acids is 1. The Balaban J connectivity index is 3.24. The Hall–Kier alpha value is -1.32. The minimum Gasteiger partial charge on any atom is -0.480 e. The lowest BCUT2D eigenvalue weighted by Gasteiger charge is -2.28. The highest BCUT2D eigenvalue weighted by molar-refractivity contribution is 7.89. The van der Waals surface area contributed by atoms with E-state index in [1.54, 1.807) is 0 Å². The molecule has 10 heteroatoms. The number of sulfonamides is 1. The van der Waals surface area contributed by atoms with Crippen LogP contribution < -0.4 is 4.72 Å². The number of hydrogen-bond acceptors (Lipinski definition) is 3. The van der Waals surface area contributed by atoms with Gasteiger partial charge >= 0.3 is 12.1 Å². The van der Waals surface area contributed by atoms with Crippen molar-refractivity contribution in [3.8, 4) is 0 Å². The second kappa shape index (κ2) is 5.23. The molecule has 0 aliphatic rings. The number of nitrogens with one attached hydrogen (secondary N) is 1. The van der Waals surface area contributed by atoms with Crippen LogP contribution in [-0.4, -0.2) is 31.2 Å². The highest BCUT2D eigenvalue weighted by Gasteiger charge is 2.59. The number of alkyl halides is 3. The summed E-state index contributed by atoms with van der Waals surface area (Å²) in [5.41, 5.74) is -3.63. The van der Waals surface area contributed by atoms with E-state index in [2.05, 4.69) is 0 Å². The quantitative estimate of drug-likeness (QED) is 0.884. The molecule has 0 aromatic heterocycles. The van der Waals surface area contributed by atoms with E-state index in [4.69, 9.17) is 16.7 Å². The summed E-state index contributed by atoms with van der Waals surface area (Å²) in [6.07, 6.45) is -5.31. The molecule has 2 N–H and O–H groups in total. The molecule has 0 heterocycles. The van der Waals surface area contributed by atoms with Crippen molar-refractivity contribution < 1.29 is 31.5 Å². The van der Waals surface area contributed by atoms with Crippen molar-refractivity contribution in [1.82, 2.24) is 4.72 Å². The highest BCUT2D eigenvalue weighted by atomic mass is 35.5. The second-order valence-electron chi connectivity index (χ2n) is 3.99. The molecule has 20 heavy (non-hydrogen) atoms. The van der Waals surface area contributed by atoms with E-state index in [1.807, 2.05) is 0 Å². The van der Waals surface area contributed by atoms with E-state index in [1.165, 1.54) is 0 Å². The first-order valence-electron chi connectivity index (χ1n) is 5.00. The average molecular weight is 332 g/mol. The fourth-order valence-corrected chi connectivity index (χ4v) is 2.64. The molecule has 0 spiro atoms. The predicted octanol–water partition coefficient (Wildman–Crippen LogP) is 2.02. The molecule has 1 aromatic carbocycles. The van der Waals surface area contributed by atoms with Gasteiger partial charge in [-0.3, -0.25) is 0 Å². The van der Waals surface area contributed by atoms with Crippen LogP contribution in [0.15, 0.2) is 29.2 Å². The summed E-state index contributed by atoms with van der Waals surface area (Å²) in [7, 11) is -4.67. The molecule has 0 bridgehead atoms. The average Bonchev–Trinajstić information content (AvgIpc) is 2.27. The van der Waals surface area contributed by atoms with Crippen LogP contribution in [0.3, 0.4) is 0 Å². The fraction of sp³-hybridized carbons (Fsp3) is 0.300. The zero-order chi connectivity index (χ0) is 15.8. The van der Waals surface area contributed by atoms with Gasteiger partial charge in [-0.15, -0.1) is 0 Å². The van der Waals surface area contributed by atoms with Gasteiger partial charge in [0.2, 0.25) is 15.6 Å². The van der Waals surface area contributed by atoms with Crippen molar-refractivity contribution in [2.75, 3.05) is 0 Å². The maximum absolute atomic E-state index is 12.7. The molecule has 1 unspecified atom stereocenters. The maximum atomic E-state index is 12.7. The number of carboxylic acids is 1. The molecular formula is C10H9ClF3NO4S. The number of halogens is 4. The highest BCUT2D eigenvalue weighted by Crippen LogP contribution is 2.32. The van der Waals surface area contributed by atoms with Crippen LogP contribution in [0.4, 0.5) is 13.2 Å². The van der Waals surface area contributed by atoms with Crippen molar-refractivity contribution in [2.24, 2.45) is 0 Å². The molecule has 5 nitrogen and oxygen atoms in total. The first kappa shape index (κ1) is 16.7. The summed E-state index contributed by atoms with van der Waals surface area (Å²) < 4.78 is 62.9. The monoisotopic (exact) mass is 331 g/mol. The van der Waals surface area contributed by atoms with Gasteiger partial charge in [0.05, 0.1) is 4.90 Å². The first-order chi connectivity index (χ1) is 8.90. The minimum absolute atomic E-state index is 0.181. The molecular weight excluding hydrogens is 323 g/mol. The molecule has 0 aliphatic heterocycles. The van der Waals surface area contributed by atoms with Crippen LogP contribution in [0, 0.1) is 0 Å². The summed E-state index contributed by atoms with van der Waals surface area (Å²) in [5.74, 6) is -2.36. The maximum Gasteiger partial charge on any atom is 0.418 e. The molecule has 0 aliphatic carbocycles. The normalized spacial score (nSPS) is 15.7. The Morgan fingerprint density at radius 3 is 2.05 bits per heavy atom. The SMILES string of the molecule is CC(NS(=O)(=O)c1ccc(Cl)cc1)(C(=O)O)C(F)(F)F. The van der Waals surface area contributed by atoms with E-state index in [-0.39, 0.29) is 11.9 Å². The van der Waals surface area contributed by atoms with Crippen LogP contribution in [0.25, 0.3) is 0 Å².